The molecule has 3 aromatic rings. The molecule has 0 amide bonds. The molecule has 0 spiro atoms. The summed E-state index contributed by atoms with van der Waals surface area (Å²) >= 11 is 0. The molecule has 2 saturated heterocycles. The van der Waals surface area contributed by atoms with Crippen molar-refractivity contribution in [1.82, 2.24) is 9.88 Å². The number of rotatable bonds is 8. The minimum atomic E-state index is 0.0498. The lowest BCUT2D eigenvalue weighted by molar-refractivity contribution is 0.138. The number of nitrogens with zero attached hydrogens (tertiary/aromatic N) is 4. The van der Waals surface area contributed by atoms with Crippen LogP contribution in [0.3, 0.4) is 0 Å². The van der Waals surface area contributed by atoms with Gasteiger partial charge in [-0.2, -0.15) is 0 Å². The van der Waals surface area contributed by atoms with Crippen molar-refractivity contribution in [3.63, 3.8) is 0 Å². The van der Waals surface area contributed by atoms with Gasteiger partial charge in [-0.1, -0.05) is 6.07 Å². The summed E-state index contributed by atoms with van der Waals surface area (Å²) in [6.45, 7) is 6.34. The first-order valence-corrected chi connectivity index (χ1v) is 12.3. The van der Waals surface area contributed by atoms with Crippen LogP contribution in [0.15, 0.2) is 67.0 Å². The van der Waals surface area contributed by atoms with Gasteiger partial charge >= 0.3 is 0 Å². The number of piperazine rings is 1. The van der Waals surface area contributed by atoms with Gasteiger partial charge in [0.05, 0.1) is 20.3 Å². The van der Waals surface area contributed by atoms with Gasteiger partial charge in [-0.3, -0.25) is 4.98 Å². The van der Waals surface area contributed by atoms with Gasteiger partial charge in [-0.05, 0) is 55.1 Å². The van der Waals surface area contributed by atoms with Crippen LogP contribution < -0.4 is 19.3 Å². The minimum absolute atomic E-state index is 0.0498. The summed E-state index contributed by atoms with van der Waals surface area (Å²) in [5.41, 5.74) is 4.56. The molecule has 7 nitrogen and oxygen atoms in total. The van der Waals surface area contributed by atoms with Gasteiger partial charge in [0.2, 0.25) is 0 Å². The van der Waals surface area contributed by atoms with Crippen molar-refractivity contribution in [3.05, 3.63) is 72.6 Å². The van der Waals surface area contributed by atoms with E-state index >= 15 is 0 Å². The largest absolute Gasteiger partial charge is 0.493 e. The highest BCUT2D eigenvalue weighted by Gasteiger charge is 2.21. The number of methoxy groups -OCH3 is 1. The first-order valence-electron chi connectivity index (χ1n) is 12.3. The second-order valence-electron chi connectivity index (χ2n) is 9.19. The summed E-state index contributed by atoms with van der Waals surface area (Å²) in [6.07, 6.45) is 4.67. The number of pyridine rings is 1. The zero-order valence-corrected chi connectivity index (χ0v) is 20.6. The standard InChI is InChI=1S/C28H34N4O3/c1-30-13-15-31(16-14-30)23-5-7-24(8-6-23)32(20-22-4-3-12-29-19-22)25-9-10-27(33-2)28(18-25)35-26-11-17-34-21-26/h3-10,12,18-19,26H,11,13-17,20-21H2,1-2H3/t26-/m1/s1. The highest BCUT2D eigenvalue weighted by Crippen LogP contribution is 2.37. The Morgan fingerprint density at radius 3 is 2.49 bits per heavy atom. The Hall–Kier alpha value is -3.29. The molecule has 1 aromatic heterocycles. The van der Waals surface area contributed by atoms with Crippen molar-refractivity contribution < 1.29 is 14.2 Å². The minimum Gasteiger partial charge on any atom is -0.493 e. The highest BCUT2D eigenvalue weighted by molar-refractivity contribution is 5.68. The maximum absolute atomic E-state index is 6.28. The number of hydrogen-bond acceptors (Lipinski definition) is 7. The molecule has 0 radical (unpaired) electrons. The van der Waals surface area contributed by atoms with Crippen LogP contribution in [0.5, 0.6) is 11.5 Å². The molecule has 0 bridgehead atoms. The number of hydrogen-bond donors (Lipinski definition) is 0. The molecule has 0 saturated carbocycles. The molecule has 1 atom stereocenters. The van der Waals surface area contributed by atoms with Gasteiger partial charge in [-0.25, -0.2) is 0 Å². The van der Waals surface area contributed by atoms with Crippen LogP contribution in [-0.2, 0) is 11.3 Å². The molecule has 7 heteroatoms. The van der Waals surface area contributed by atoms with Gasteiger partial charge in [-0.15, -0.1) is 0 Å². The Bertz CT molecular complexity index is 1080. The number of aromatic nitrogens is 1. The third kappa shape index (κ3) is 5.69. The van der Waals surface area contributed by atoms with E-state index in [0.29, 0.717) is 13.2 Å². The van der Waals surface area contributed by atoms with E-state index in [1.54, 1.807) is 7.11 Å². The Kier molecular flexibility index (Phi) is 7.35. The average Bonchev–Trinajstić information content (AvgIpc) is 3.42. The van der Waals surface area contributed by atoms with Crippen LogP contribution in [0.25, 0.3) is 0 Å². The van der Waals surface area contributed by atoms with Gasteiger partial charge in [0.15, 0.2) is 11.5 Å². The van der Waals surface area contributed by atoms with Crippen LogP contribution in [0.1, 0.15) is 12.0 Å². The number of anilines is 3. The maximum atomic E-state index is 6.28. The molecule has 2 aromatic carbocycles. The Morgan fingerprint density at radius 1 is 1.00 bits per heavy atom. The van der Waals surface area contributed by atoms with Crippen molar-refractivity contribution >= 4 is 17.1 Å². The first-order chi connectivity index (χ1) is 17.2. The fourth-order valence-electron chi connectivity index (χ4n) is 4.62. The quantitative estimate of drug-likeness (QED) is 0.481. The molecule has 5 rings (SSSR count). The maximum Gasteiger partial charge on any atom is 0.163 e. The predicted octanol–water partition coefficient (Wildman–Crippen LogP) is 4.35. The number of benzene rings is 2. The van der Waals surface area contributed by atoms with Gasteiger partial charge in [0.1, 0.15) is 6.10 Å². The molecular formula is C28H34N4O3. The van der Waals surface area contributed by atoms with Crippen molar-refractivity contribution in [2.24, 2.45) is 0 Å². The Balaban J connectivity index is 1.44. The van der Waals surface area contributed by atoms with E-state index in [4.69, 9.17) is 14.2 Å². The Labute approximate surface area is 207 Å². The molecule has 0 unspecified atom stereocenters. The SMILES string of the molecule is COc1ccc(N(Cc2cccnc2)c2ccc(N3CCN(C)CC3)cc2)cc1O[C@@H]1CCOC1. The fraction of sp³-hybridized carbons (Fsp3) is 0.393. The van der Waals surface area contributed by atoms with Crippen LogP contribution in [-0.4, -0.2) is 69.5 Å². The monoisotopic (exact) mass is 474 g/mol. The second-order valence-corrected chi connectivity index (χ2v) is 9.19. The van der Waals surface area contributed by atoms with E-state index in [9.17, 15) is 0 Å². The van der Waals surface area contributed by atoms with Crippen LogP contribution >= 0.6 is 0 Å². The second kappa shape index (κ2) is 11.0. The topological polar surface area (TPSA) is 50.3 Å². The van der Waals surface area contributed by atoms with E-state index in [-0.39, 0.29) is 6.10 Å². The molecule has 2 aliphatic rings. The van der Waals surface area contributed by atoms with E-state index in [1.807, 2.05) is 24.5 Å². The third-order valence-corrected chi connectivity index (χ3v) is 6.73. The van der Waals surface area contributed by atoms with Crippen molar-refractivity contribution in [1.29, 1.82) is 0 Å². The van der Waals surface area contributed by atoms with Crippen LogP contribution in [0.4, 0.5) is 17.1 Å². The van der Waals surface area contributed by atoms with Crippen molar-refractivity contribution in [3.8, 4) is 11.5 Å². The fourth-order valence-corrected chi connectivity index (χ4v) is 4.62. The molecule has 2 fully saturated rings. The van der Waals surface area contributed by atoms with Crippen LogP contribution in [0.2, 0.25) is 0 Å². The van der Waals surface area contributed by atoms with E-state index in [1.165, 1.54) is 5.69 Å². The zero-order chi connectivity index (χ0) is 24.0. The summed E-state index contributed by atoms with van der Waals surface area (Å²) < 4.78 is 17.4. The Morgan fingerprint density at radius 2 is 1.80 bits per heavy atom. The molecular weight excluding hydrogens is 440 g/mol. The molecule has 35 heavy (non-hydrogen) atoms. The number of ether oxygens (including phenoxy) is 3. The van der Waals surface area contributed by atoms with Crippen molar-refractivity contribution in [2.75, 3.05) is 63.4 Å². The average molecular weight is 475 g/mol. The van der Waals surface area contributed by atoms with Gasteiger partial charge < -0.3 is 28.9 Å². The van der Waals surface area contributed by atoms with Gasteiger partial charge in [0, 0.05) is 74.7 Å². The summed E-state index contributed by atoms with van der Waals surface area (Å²) in [5.74, 6) is 1.47. The molecule has 0 aliphatic carbocycles. The molecule has 0 N–H and O–H groups in total. The van der Waals surface area contributed by atoms with Crippen LogP contribution in [0, 0.1) is 0 Å². The highest BCUT2D eigenvalue weighted by atomic mass is 16.6. The smallest absolute Gasteiger partial charge is 0.163 e. The van der Waals surface area contributed by atoms with Gasteiger partial charge in [0.25, 0.3) is 0 Å². The lowest BCUT2D eigenvalue weighted by Gasteiger charge is -2.34. The lowest BCUT2D eigenvalue weighted by atomic mass is 10.1. The summed E-state index contributed by atoms with van der Waals surface area (Å²) in [7, 11) is 3.86. The molecule has 3 heterocycles. The predicted molar refractivity (Wildman–Crippen MR) is 139 cm³/mol. The summed E-state index contributed by atoms with van der Waals surface area (Å²) in [6, 6.07) is 19.1. The van der Waals surface area contributed by atoms with E-state index < -0.39 is 0 Å². The lowest BCUT2D eigenvalue weighted by Crippen LogP contribution is -2.44. The first kappa shape index (κ1) is 23.5. The normalized spacial score (nSPS) is 18.5. The number of likely N-dealkylation sites (N-methyl/N-ethyl adjacent to an activating group) is 1. The van der Waals surface area contributed by atoms with E-state index in [2.05, 4.69) is 69.2 Å². The summed E-state index contributed by atoms with van der Waals surface area (Å²) in [4.78, 5) is 11.5. The summed E-state index contributed by atoms with van der Waals surface area (Å²) in [5, 5.41) is 0. The zero-order valence-electron chi connectivity index (χ0n) is 20.6. The molecule has 184 valence electrons. The third-order valence-electron chi connectivity index (χ3n) is 6.73. The van der Waals surface area contributed by atoms with Crippen molar-refractivity contribution in [2.45, 2.75) is 19.1 Å². The van der Waals surface area contributed by atoms with E-state index in [0.717, 1.165) is 67.6 Å². The molecule has 2 aliphatic heterocycles.